The third-order valence-electron chi connectivity index (χ3n) is 3.23. The highest BCUT2D eigenvalue weighted by molar-refractivity contribution is 6.30. The van der Waals surface area contributed by atoms with Crippen LogP contribution in [0.25, 0.3) is 0 Å². The average Bonchev–Trinajstić information content (AvgIpc) is 2.45. The van der Waals surface area contributed by atoms with E-state index in [2.05, 4.69) is 12.2 Å². The van der Waals surface area contributed by atoms with Crippen molar-refractivity contribution in [3.63, 3.8) is 0 Å². The van der Waals surface area contributed by atoms with Gasteiger partial charge in [-0.1, -0.05) is 42.3 Å². The Bertz CT molecular complexity index is 569. The first-order chi connectivity index (χ1) is 9.60. The summed E-state index contributed by atoms with van der Waals surface area (Å²) in [5.74, 6) is -0.243. The van der Waals surface area contributed by atoms with Crippen molar-refractivity contribution >= 4 is 23.2 Å². The molecule has 0 aliphatic rings. The lowest BCUT2D eigenvalue weighted by Crippen LogP contribution is -2.20. The highest BCUT2D eigenvalue weighted by Gasteiger charge is 2.10. The predicted octanol–water partition coefficient (Wildman–Crippen LogP) is 5.37. The minimum Gasteiger partial charge on any atom is -0.306 e. The molecule has 0 saturated heterocycles. The molecule has 0 saturated carbocycles. The molecule has 0 bridgehead atoms. The van der Waals surface area contributed by atoms with Crippen molar-refractivity contribution in [3.8, 4) is 0 Å². The topological polar surface area (TPSA) is 12.0 Å². The maximum atomic E-state index is 13.7. The van der Waals surface area contributed by atoms with Crippen molar-refractivity contribution in [3.05, 3.63) is 69.5 Å². The molecule has 2 rings (SSSR count). The molecule has 2 aromatic carbocycles. The second-order valence-corrected chi connectivity index (χ2v) is 5.50. The Kier molecular flexibility index (Phi) is 5.41. The predicted molar refractivity (Wildman–Crippen MR) is 82.7 cm³/mol. The number of nitrogens with one attached hydrogen (secondary N) is 1. The second-order valence-electron chi connectivity index (χ2n) is 4.63. The minimum absolute atomic E-state index is 0.158. The molecular weight excluding hydrogens is 296 g/mol. The molecule has 1 atom stereocenters. The Hall–Kier alpha value is -1.09. The van der Waals surface area contributed by atoms with Crippen molar-refractivity contribution in [1.82, 2.24) is 5.32 Å². The van der Waals surface area contributed by atoms with Crippen molar-refractivity contribution in [2.24, 2.45) is 0 Å². The number of benzene rings is 2. The zero-order chi connectivity index (χ0) is 14.5. The fourth-order valence-corrected chi connectivity index (χ4v) is 2.43. The van der Waals surface area contributed by atoms with Crippen molar-refractivity contribution in [2.75, 3.05) is 0 Å². The van der Waals surface area contributed by atoms with Gasteiger partial charge in [0.15, 0.2) is 0 Å². The van der Waals surface area contributed by atoms with Crippen LogP contribution in [0, 0.1) is 5.82 Å². The van der Waals surface area contributed by atoms with E-state index in [9.17, 15) is 4.39 Å². The van der Waals surface area contributed by atoms with Crippen LogP contribution in [0.15, 0.2) is 42.5 Å². The van der Waals surface area contributed by atoms with Gasteiger partial charge in [0.1, 0.15) is 5.82 Å². The van der Waals surface area contributed by atoms with E-state index in [0.29, 0.717) is 22.2 Å². The summed E-state index contributed by atoms with van der Waals surface area (Å²) < 4.78 is 13.7. The van der Waals surface area contributed by atoms with Crippen LogP contribution in [0.4, 0.5) is 4.39 Å². The van der Waals surface area contributed by atoms with Gasteiger partial charge >= 0.3 is 0 Å². The Balaban J connectivity index is 2.07. The summed E-state index contributed by atoms with van der Waals surface area (Å²) in [7, 11) is 0. The molecule has 0 amide bonds. The zero-order valence-corrected chi connectivity index (χ0v) is 12.7. The maximum absolute atomic E-state index is 13.7. The van der Waals surface area contributed by atoms with Crippen LogP contribution in [0.3, 0.4) is 0 Å². The molecule has 0 spiro atoms. The van der Waals surface area contributed by atoms with Crippen LogP contribution < -0.4 is 5.32 Å². The van der Waals surface area contributed by atoms with Crippen LogP contribution in [0.5, 0.6) is 0 Å². The van der Waals surface area contributed by atoms with E-state index in [-0.39, 0.29) is 11.9 Å². The Morgan fingerprint density at radius 2 is 1.70 bits per heavy atom. The minimum atomic E-state index is -0.243. The maximum Gasteiger partial charge on any atom is 0.127 e. The largest absolute Gasteiger partial charge is 0.306 e. The first-order valence-corrected chi connectivity index (χ1v) is 7.28. The summed E-state index contributed by atoms with van der Waals surface area (Å²) in [6.07, 6.45) is 0.907. The van der Waals surface area contributed by atoms with Gasteiger partial charge in [-0.2, -0.15) is 0 Å². The molecule has 0 radical (unpaired) electrons. The van der Waals surface area contributed by atoms with E-state index < -0.39 is 0 Å². The summed E-state index contributed by atoms with van der Waals surface area (Å²) in [6, 6.07) is 12.4. The molecule has 1 N–H and O–H groups in total. The van der Waals surface area contributed by atoms with E-state index in [1.807, 2.05) is 24.3 Å². The van der Waals surface area contributed by atoms with Gasteiger partial charge in [-0.05, 0) is 42.3 Å². The van der Waals surface area contributed by atoms with Gasteiger partial charge in [-0.15, -0.1) is 0 Å². The summed E-state index contributed by atoms with van der Waals surface area (Å²) in [5, 5.41) is 4.60. The lowest BCUT2D eigenvalue weighted by molar-refractivity contribution is 0.504. The SMILES string of the molecule is CCC(NCc1cc(Cl)ccc1F)c1ccc(Cl)cc1. The Morgan fingerprint density at radius 1 is 1.05 bits per heavy atom. The fraction of sp³-hybridized carbons (Fsp3) is 0.250. The molecule has 20 heavy (non-hydrogen) atoms. The van der Waals surface area contributed by atoms with E-state index in [0.717, 1.165) is 12.0 Å². The van der Waals surface area contributed by atoms with Gasteiger partial charge in [0, 0.05) is 28.2 Å². The van der Waals surface area contributed by atoms with Crippen molar-refractivity contribution in [2.45, 2.75) is 25.9 Å². The highest BCUT2D eigenvalue weighted by Crippen LogP contribution is 2.21. The summed E-state index contributed by atoms with van der Waals surface area (Å²) in [4.78, 5) is 0. The van der Waals surface area contributed by atoms with Crippen LogP contribution >= 0.6 is 23.2 Å². The van der Waals surface area contributed by atoms with E-state index in [4.69, 9.17) is 23.2 Å². The standard InChI is InChI=1S/C16H16Cl2FN/c1-2-16(11-3-5-13(17)6-4-11)20-10-12-9-14(18)7-8-15(12)19/h3-9,16,20H,2,10H2,1H3. The smallest absolute Gasteiger partial charge is 0.127 e. The first kappa shape index (κ1) is 15.3. The summed E-state index contributed by atoms with van der Waals surface area (Å²) >= 11 is 11.8. The monoisotopic (exact) mass is 311 g/mol. The van der Waals surface area contributed by atoms with E-state index >= 15 is 0 Å². The summed E-state index contributed by atoms with van der Waals surface area (Å²) in [6.45, 7) is 2.52. The van der Waals surface area contributed by atoms with Gasteiger partial charge in [-0.3, -0.25) is 0 Å². The Morgan fingerprint density at radius 3 is 2.35 bits per heavy atom. The van der Waals surface area contributed by atoms with Crippen LogP contribution in [0.2, 0.25) is 10.0 Å². The van der Waals surface area contributed by atoms with Gasteiger partial charge in [0.25, 0.3) is 0 Å². The number of hydrogen-bond donors (Lipinski definition) is 1. The molecule has 2 aromatic rings. The van der Waals surface area contributed by atoms with Crippen LogP contribution in [0.1, 0.15) is 30.5 Å². The summed E-state index contributed by atoms with van der Waals surface area (Å²) in [5.41, 5.74) is 1.71. The molecule has 4 heteroatoms. The van der Waals surface area contributed by atoms with Crippen molar-refractivity contribution in [1.29, 1.82) is 0 Å². The van der Waals surface area contributed by atoms with Gasteiger partial charge in [-0.25, -0.2) is 4.39 Å². The number of hydrogen-bond acceptors (Lipinski definition) is 1. The lowest BCUT2D eigenvalue weighted by atomic mass is 10.0. The van der Waals surface area contributed by atoms with E-state index in [1.165, 1.54) is 6.07 Å². The van der Waals surface area contributed by atoms with Crippen molar-refractivity contribution < 1.29 is 4.39 Å². The second kappa shape index (κ2) is 7.07. The van der Waals surface area contributed by atoms with Gasteiger partial charge < -0.3 is 5.32 Å². The third kappa shape index (κ3) is 3.95. The Labute approximate surface area is 128 Å². The third-order valence-corrected chi connectivity index (χ3v) is 3.71. The molecule has 0 aromatic heterocycles. The van der Waals surface area contributed by atoms with Gasteiger partial charge in [0.05, 0.1) is 0 Å². The molecule has 1 nitrogen and oxygen atoms in total. The van der Waals surface area contributed by atoms with Crippen LogP contribution in [-0.2, 0) is 6.54 Å². The normalized spacial score (nSPS) is 12.4. The lowest BCUT2D eigenvalue weighted by Gasteiger charge is -2.18. The van der Waals surface area contributed by atoms with E-state index in [1.54, 1.807) is 12.1 Å². The molecule has 0 aliphatic carbocycles. The molecule has 0 fully saturated rings. The number of rotatable bonds is 5. The fourth-order valence-electron chi connectivity index (χ4n) is 2.10. The number of halogens is 3. The molecule has 0 aliphatic heterocycles. The van der Waals surface area contributed by atoms with Crippen LogP contribution in [-0.4, -0.2) is 0 Å². The molecular formula is C16H16Cl2FN. The average molecular weight is 312 g/mol. The molecule has 106 valence electrons. The first-order valence-electron chi connectivity index (χ1n) is 6.53. The zero-order valence-electron chi connectivity index (χ0n) is 11.2. The molecule has 1 unspecified atom stereocenters. The molecule has 0 heterocycles. The quantitative estimate of drug-likeness (QED) is 0.782. The highest BCUT2D eigenvalue weighted by atomic mass is 35.5. The van der Waals surface area contributed by atoms with Gasteiger partial charge in [0.2, 0.25) is 0 Å².